The number of carboxylic acid groups (broad SMARTS) is 1. The molecule has 5 nitrogen and oxygen atoms in total. The van der Waals surface area contributed by atoms with Crippen molar-refractivity contribution in [1.82, 2.24) is 5.32 Å². The Hall–Kier alpha value is -1.54. The lowest BCUT2D eigenvalue weighted by Gasteiger charge is -2.14. The van der Waals surface area contributed by atoms with Crippen molar-refractivity contribution in [3.8, 4) is 12.3 Å². The van der Waals surface area contributed by atoms with Crippen molar-refractivity contribution in [1.29, 1.82) is 0 Å². The van der Waals surface area contributed by atoms with Gasteiger partial charge in [0.05, 0.1) is 0 Å². The summed E-state index contributed by atoms with van der Waals surface area (Å²) in [6.07, 6.45) is 5.91. The zero-order chi connectivity index (χ0) is 11.3. The first kappa shape index (κ1) is 11.5. The molecule has 1 saturated heterocycles. The van der Waals surface area contributed by atoms with E-state index in [9.17, 15) is 9.59 Å². The van der Waals surface area contributed by atoms with Crippen LogP contribution in [0.2, 0.25) is 0 Å². The van der Waals surface area contributed by atoms with Gasteiger partial charge >= 0.3 is 5.97 Å². The van der Waals surface area contributed by atoms with Gasteiger partial charge in [0, 0.05) is 13.0 Å². The molecule has 0 aromatic heterocycles. The quantitative estimate of drug-likeness (QED) is 0.629. The molecule has 0 aliphatic carbocycles. The van der Waals surface area contributed by atoms with E-state index in [0.717, 1.165) is 6.42 Å². The SMILES string of the molecule is C#CCC(NC(=O)C1CCCO1)C(=O)O. The molecule has 1 fully saturated rings. The van der Waals surface area contributed by atoms with Crippen molar-refractivity contribution in [2.24, 2.45) is 0 Å². The van der Waals surface area contributed by atoms with Gasteiger partial charge in [-0.1, -0.05) is 0 Å². The second kappa shape index (κ2) is 5.37. The Bertz CT molecular complexity index is 288. The van der Waals surface area contributed by atoms with Crippen LogP contribution in [-0.2, 0) is 14.3 Å². The number of amides is 1. The van der Waals surface area contributed by atoms with E-state index in [0.29, 0.717) is 13.0 Å². The average molecular weight is 211 g/mol. The largest absolute Gasteiger partial charge is 0.480 e. The van der Waals surface area contributed by atoms with Gasteiger partial charge in [-0.25, -0.2) is 4.79 Å². The Labute approximate surface area is 87.8 Å². The minimum atomic E-state index is -1.13. The number of rotatable bonds is 4. The molecular formula is C10H13NO4. The highest BCUT2D eigenvalue weighted by Gasteiger charge is 2.27. The lowest BCUT2D eigenvalue weighted by atomic mass is 10.2. The topological polar surface area (TPSA) is 75.6 Å². The van der Waals surface area contributed by atoms with E-state index in [-0.39, 0.29) is 6.42 Å². The molecule has 0 spiro atoms. The Morgan fingerprint density at radius 3 is 2.87 bits per heavy atom. The van der Waals surface area contributed by atoms with Crippen LogP contribution in [0.5, 0.6) is 0 Å². The van der Waals surface area contributed by atoms with E-state index in [1.54, 1.807) is 0 Å². The van der Waals surface area contributed by atoms with Crippen molar-refractivity contribution in [2.45, 2.75) is 31.4 Å². The van der Waals surface area contributed by atoms with Crippen LogP contribution in [-0.4, -0.2) is 35.7 Å². The van der Waals surface area contributed by atoms with Gasteiger partial charge in [0.1, 0.15) is 12.1 Å². The number of hydrogen-bond acceptors (Lipinski definition) is 3. The van der Waals surface area contributed by atoms with Crippen LogP contribution in [0.15, 0.2) is 0 Å². The van der Waals surface area contributed by atoms with Crippen LogP contribution < -0.4 is 5.32 Å². The second-order valence-corrected chi connectivity index (χ2v) is 3.31. The van der Waals surface area contributed by atoms with E-state index in [2.05, 4.69) is 11.2 Å². The Balaban J connectivity index is 2.46. The molecule has 0 saturated carbocycles. The molecule has 1 aliphatic rings. The normalized spacial score (nSPS) is 21.7. The molecular weight excluding hydrogens is 198 g/mol. The van der Waals surface area contributed by atoms with Crippen LogP contribution in [0.3, 0.4) is 0 Å². The van der Waals surface area contributed by atoms with Crippen molar-refractivity contribution < 1.29 is 19.4 Å². The molecule has 82 valence electrons. The third-order valence-corrected chi connectivity index (χ3v) is 2.16. The van der Waals surface area contributed by atoms with Gasteiger partial charge in [-0.3, -0.25) is 4.79 Å². The second-order valence-electron chi connectivity index (χ2n) is 3.31. The van der Waals surface area contributed by atoms with E-state index >= 15 is 0 Å². The smallest absolute Gasteiger partial charge is 0.327 e. The van der Waals surface area contributed by atoms with Gasteiger partial charge in [-0.15, -0.1) is 12.3 Å². The van der Waals surface area contributed by atoms with Crippen LogP contribution in [0.1, 0.15) is 19.3 Å². The molecule has 0 bridgehead atoms. The van der Waals surface area contributed by atoms with Crippen LogP contribution in [0.4, 0.5) is 0 Å². The Morgan fingerprint density at radius 2 is 2.40 bits per heavy atom. The Kier molecular flexibility index (Phi) is 4.13. The van der Waals surface area contributed by atoms with Crippen molar-refractivity contribution in [3.63, 3.8) is 0 Å². The highest BCUT2D eigenvalue weighted by Crippen LogP contribution is 2.12. The molecule has 0 aromatic rings. The summed E-state index contributed by atoms with van der Waals surface area (Å²) in [6, 6.07) is -1.02. The number of hydrogen-bond donors (Lipinski definition) is 2. The monoisotopic (exact) mass is 211 g/mol. The highest BCUT2D eigenvalue weighted by molar-refractivity contribution is 5.86. The summed E-state index contributed by atoms with van der Waals surface area (Å²) in [5.74, 6) is 0.690. The molecule has 1 rings (SSSR count). The predicted molar refractivity (Wildman–Crippen MR) is 52.0 cm³/mol. The molecule has 5 heteroatoms. The van der Waals surface area contributed by atoms with Gasteiger partial charge in [0.15, 0.2) is 0 Å². The fourth-order valence-electron chi connectivity index (χ4n) is 1.37. The molecule has 2 unspecified atom stereocenters. The summed E-state index contributed by atoms with van der Waals surface area (Å²) in [6.45, 7) is 0.547. The van der Waals surface area contributed by atoms with Crippen molar-refractivity contribution in [3.05, 3.63) is 0 Å². The number of carbonyl (C=O) groups is 2. The third-order valence-electron chi connectivity index (χ3n) is 2.16. The van der Waals surface area contributed by atoms with Crippen molar-refractivity contribution in [2.75, 3.05) is 6.61 Å². The minimum absolute atomic E-state index is 0.0200. The van der Waals surface area contributed by atoms with Crippen LogP contribution in [0.25, 0.3) is 0 Å². The number of terminal acetylenes is 1. The van der Waals surface area contributed by atoms with Gasteiger partial charge in [-0.2, -0.15) is 0 Å². The summed E-state index contributed by atoms with van der Waals surface area (Å²) in [7, 11) is 0. The third kappa shape index (κ3) is 3.26. The lowest BCUT2D eigenvalue weighted by Crippen LogP contribution is -2.45. The maximum atomic E-state index is 11.5. The standard InChI is InChI=1S/C10H13NO4/c1-2-4-7(10(13)14)11-9(12)8-5-3-6-15-8/h1,7-8H,3-6H2,(H,11,12)(H,13,14). The molecule has 0 radical (unpaired) electrons. The van der Waals surface area contributed by atoms with Crippen LogP contribution in [0, 0.1) is 12.3 Å². The summed E-state index contributed by atoms with van der Waals surface area (Å²) < 4.78 is 5.12. The highest BCUT2D eigenvalue weighted by atomic mass is 16.5. The molecule has 1 aliphatic heterocycles. The van der Waals surface area contributed by atoms with E-state index in [1.807, 2.05) is 0 Å². The minimum Gasteiger partial charge on any atom is -0.480 e. The maximum absolute atomic E-state index is 11.5. The fraction of sp³-hybridized carbons (Fsp3) is 0.600. The van der Waals surface area contributed by atoms with Gasteiger partial charge < -0.3 is 15.2 Å². The predicted octanol–water partition coefficient (Wildman–Crippen LogP) is -0.242. The van der Waals surface area contributed by atoms with E-state index in [1.165, 1.54) is 0 Å². The fourth-order valence-corrected chi connectivity index (χ4v) is 1.37. The summed E-state index contributed by atoms with van der Waals surface area (Å²) in [5, 5.41) is 11.1. The van der Waals surface area contributed by atoms with Gasteiger partial charge in [0.25, 0.3) is 0 Å². The van der Waals surface area contributed by atoms with Gasteiger partial charge in [-0.05, 0) is 12.8 Å². The van der Waals surface area contributed by atoms with Gasteiger partial charge in [0.2, 0.25) is 5.91 Å². The van der Waals surface area contributed by atoms with E-state index in [4.69, 9.17) is 16.3 Å². The first-order valence-electron chi connectivity index (χ1n) is 4.73. The maximum Gasteiger partial charge on any atom is 0.327 e. The summed E-state index contributed by atoms with van der Waals surface area (Å²) >= 11 is 0. The Morgan fingerprint density at radius 1 is 1.67 bits per heavy atom. The van der Waals surface area contributed by atoms with Crippen LogP contribution >= 0.6 is 0 Å². The number of nitrogens with one attached hydrogen (secondary N) is 1. The zero-order valence-corrected chi connectivity index (χ0v) is 8.23. The first-order valence-corrected chi connectivity index (χ1v) is 4.73. The number of carboxylic acids is 1. The molecule has 2 atom stereocenters. The first-order chi connectivity index (χ1) is 7.15. The molecule has 2 N–H and O–H groups in total. The number of aliphatic carboxylic acids is 1. The molecule has 1 heterocycles. The van der Waals surface area contributed by atoms with E-state index < -0.39 is 24.0 Å². The lowest BCUT2D eigenvalue weighted by molar-refractivity contribution is -0.143. The van der Waals surface area contributed by atoms with Crippen molar-refractivity contribution >= 4 is 11.9 Å². The number of carbonyl (C=O) groups excluding carboxylic acids is 1. The average Bonchev–Trinajstić information content (AvgIpc) is 2.69. The summed E-state index contributed by atoms with van der Waals surface area (Å²) in [4.78, 5) is 22.2. The molecule has 0 aromatic carbocycles. The zero-order valence-electron chi connectivity index (χ0n) is 8.23. The molecule has 15 heavy (non-hydrogen) atoms. The molecule has 1 amide bonds. The number of ether oxygens (including phenoxy) is 1. The summed E-state index contributed by atoms with van der Waals surface area (Å²) in [5.41, 5.74) is 0.